The summed E-state index contributed by atoms with van der Waals surface area (Å²) >= 11 is 0. The van der Waals surface area contributed by atoms with Gasteiger partial charge in [0.25, 0.3) is 11.8 Å². The van der Waals surface area contributed by atoms with Gasteiger partial charge in [0, 0.05) is 26.3 Å². The van der Waals surface area contributed by atoms with Gasteiger partial charge < -0.3 is 18.6 Å². The zero-order valence-corrected chi connectivity index (χ0v) is 14.8. The van der Waals surface area contributed by atoms with Gasteiger partial charge in [0.2, 0.25) is 5.89 Å². The van der Waals surface area contributed by atoms with Crippen LogP contribution in [0.5, 0.6) is 0 Å². The predicted molar refractivity (Wildman–Crippen MR) is 90.7 cm³/mol. The largest absolute Gasteiger partial charge is 0.418 e. The Morgan fingerprint density at radius 2 is 2.28 bits per heavy atom. The Hall–Kier alpha value is -2.48. The first-order chi connectivity index (χ1) is 11.9. The molecule has 0 saturated carbocycles. The van der Waals surface area contributed by atoms with Gasteiger partial charge >= 0.3 is 0 Å². The molecule has 1 unspecified atom stereocenters. The van der Waals surface area contributed by atoms with Crippen molar-refractivity contribution in [2.45, 2.75) is 31.8 Å². The Labute approximate surface area is 146 Å². The molecule has 1 saturated heterocycles. The third-order valence-electron chi connectivity index (χ3n) is 4.29. The zero-order valence-electron chi connectivity index (χ0n) is 14.8. The topological polar surface area (TPSA) is 86.3 Å². The molecule has 0 aliphatic carbocycles. The molecule has 0 aromatic carbocycles. The summed E-state index contributed by atoms with van der Waals surface area (Å²) < 4.78 is 13.1. The van der Waals surface area contributed by atoms with E-state index in [4.69, 9.17) is 9.15 Å². The van der Waals surface area contributed by atoms with Crippen molar-refractivity contribution in [2.24, 2.45) is 7.05 Å². The maximum absolute atomic E-state index is 12.4. The van der Waals surface area contributed by atoms with Gasteiger partial charge in [-0.25, -0.2) is 4.98 Å². The van der Waals surface area contributed by atoms with Gasteiger partial charge in [0.15, 0.2) is 0 Å². The van der Waals surface area contributed by atoms with E-state index in [9.17, 15) is 4.79 Å². The maximum atomic E-state index is 12.4. The van der Waals surface area contributed by atoms with Crippen LogP contribution in [-0.4, -0.2) is 56.4 Å². The molecule has 3 heterocycles. The van der Waals surface area contributed by atoms with E-state index in [-0.39, 0.29) is 11.3 Å². The van der Waals surface area contributed by atoms with E-state index in [1.54, 1.807) is 24.2 Å². The van der Waals surface area contributed by atoms with Crippen molar-refractivity contribution in [3.8, 4) is 11.6 Å². The maximum Gasteiger partial charge on any atom is 0.267 e. The van der Waals surface area contributed by atoms with Gasteiger partial charge in [0.05, 0.1) is 18.3 Å². The minimum atomic E-state index is -0.462. The lowest BCUT2D eigenvalue weighted by Crippen LogP contribution is -2.61. The Morgan fingerprint density at radius 1 is 1.52 bits per heavy atom. The number of likely N-dealkylation sites (tertiary alicyclic amines) is 1. The number of hydrogen-bond donors (Lipinski definition) is 0. The second kappa shape index (κ2) is 6.79. The van der Waals surface area contributed by atoms with Gasteiger partial charge in [0.1, 0.15) is 11.8 Å². The van der Waals surface area contributed by atoms with Crippen LogP contribution in [0.25, 0.3) is 11.6 Å². The molecule has 1 atom stereocenters. The van der Waals surface area contributed by atoms with Crippen LogP contribution in [0, 0.1) is 0 Å². The van der Waals surface area contributed by atoms with Crippen LogP contribution >= 0.6 is 0 Å². The van der Waals surface area contributed by atoms with Gasteiger partial charge in [-0.15, -0.1) is 16.8 Å². The molecule has 134 valence electrons. The first kappa shape index (κ1) is 17.3. The second-order valence-corrected chi connectivity index (χ2v) is 6.68. The Kier molecular flexibility index (Phi) is 4.71. The van der Waals surface area contributed by atoms with Crippen molar-refractivity contribution in [1.29, 1.82) is 0 Å². The molecule has 1 fully saturated rings. The molecule has 0 radical (unpaired) electrons. The summed E-state index contributed by atoms with van der Waals surface area (Å²) in [5, 5.41) is 8.22. The molecule has 0 bridgehead atoms. The number of hydrogen-bond acceptors (Lipinski definition) is 6. The first-order valence-electron chi connectivity index (χ1n) is 8.26. The Balaban J connectivity index is 1.59. The Morgan fingerprint density at radius 3 is 2.92 bits per heavy atom. The molecule has 8 nitrogen and oxygen atoms in total. The van der Waals surface area contributed by atoms with Crippen molar-refractivity contribution in [1.82, 2.24) is 24.6 Å². The summed E-state index contributed by atoms with van der Waals surface area (Å²) in [7, 11) is 1.88. The minimum absolute atomic E-state index is 0.0222. The molecule has 1 aliphatic rings. The van der Waals surface area contributed by atoms with Crippen LogP contribution in [0.1, 0.15) is 26.2 Å². The van der Waals surface area contributed by atoms with E-state index in [1.807, 2.05) is 24.7 Å². The SMILES string of the molecule is C=CCCOC(C)C(=O)N1CC(C)(c2nnc(-c3cn(C)cn3)o2)C1. The first-order valence-corrected chi connectivity index (χ1v) is 8.26. The highest BCUT2D eigenvalue weighted by Gasteiger charge is 2.47. The minimum Gasteiger partial charge on any atom is -0.418 e. The number of aromatic nitrogens is 4. The number of amides is 1. The molecule has 25 heavy (non-hydrogen) atoms. The van der Waals surface area contributed by atoms with E-state index >= 15 is 0 Å². The quantitative estimate of drug-likeness (QED) is 0.559. The summed E-state index contributed by atoms with van der Waals surface area (Å²) in [5.41, 5.74) is 0.303. The summed E-state index contributed by atoms with van der Waals surface area (Å²) in [6, 6.07) is 0. The molecule has 0 spiro atoms. The highest BCUT2D eigenvalue weighted by Crippen LogP contribution is 2.34. The van der Waals surface area contributed by atoms with Crippen LogP contribution in [0.2, 0.25) is 0 Å². The van der Waals surface area contributed by atoms with Gasteiger partial charge in [-0.1, -0.05) is 6.08 Å². The summed E-state index contributed by atoms with van der Waals surface area (Å²) in [5.74, 6) is 0.895. The number of aryl methyl sites for hydroxylation is 1. The smallest absolute Gasteiger partial charge is 0.267 e. The van der Waals surface area contributed by atoms with Crippen molar-refractivity contribution < 1.29 is 13.9 Å². The third-order valence-corrected chi connectivity index (χ3v) is 4.29. The van der Waals surface area contributed by atoms with Crippen LogP contribution in [0.15, 0.2) is 29.6 Å². The zero-order chi connectivity index (χ0) is 18.0. The fraction of sp³-hybridized carbons (Fsp3) is 0.529. The van der Waals surface area contributed by atoms with Crippen LogP contribution < -0.4 is 0 Å². The molecular weight excluding hydrogens is 322 g/mol. The van der Waals surface area contributed by atoms with Crippen molar-refractivity contribution >= 4 is 5.91 Å². The molecule has 2 aromatic rings. The van der Waals surface area contributed by atoms with Crippen LogP contribution in [-0.2, 0) is 22.0 Å². The fourth-order valence-electron chi connectivity index (χ4n) is 2.84. The highest BCUT2D eigenvalue weighted by molar-refractivity contribution is 5.81. The molecule has 2 aromatic heterocycles. The van der Waals surface area contributed by atoms with Gasteiger partial charge in [-0.3, -0.25) is 4.79 Å². The summed E-state index contributed by atoms with van der Waals surface area (Å²) in [6.07, 6.45) is 5.54. The predicted octanol–water partition coefficient (Wildman–Crippen LogP) is 1.55. The molecule has 1 amide bonds. The van der Waals surface area contributed by atoms with E-state index in [0.29, 0.717) is 37.2 Å². The van der Waals surface area contributed by atoms with E-state index in [1.165, 1.54) is 0 Å². The second-order valence-electron chi connectivity index (χ2n) is 6.68. The molecule has 3 rings (SSSR count). The number of carbonyl (C=O) groups is 1. The lowest BCUT2D eigenvalue weighted by Gasteiger charge is -2.46. The van der Waals surface area contributed by atoms with Crippen LogP contribution in [0.4, 0.5) is 0 Å². The fourth-order valence-corrected chi connectivity index (χ4v) is 2.84. The van der Waals surface area contributed by atoms with Crippen molar-refractivity contribution in [3.05, 3.63) is 31.1 Å². The van der Waals surface area contributed by atoms with Crippen molar-refractivity contribution in [3.63, 3.8) is 0 Å². The number of carbonyl (C=O) groups excluding carboxylic acids is 1. The lowest BCUT2D eigenvalue weighted by atomic mass is 9.81. The third kappa shape index (κ3) is 3.48. The number of rotatable bonds is 7. The monoisotopic (exact) mass is 345 g/mol. The molecule has 8 heteroatoms. The average Bonchev–Trinajstić information content (AvgIpc) is 3.20. The van der Waals surface area contributed by atoms with Gasteiger partial charge in [-0.05, 0) is 20.3 Å². The van der Waals surface area contributed by atoms with E-state index in [0.717, 1.165) is 6.42 Å². The normalized spacial score (nSPS) is 17.2. The Bertz CT molecular complexity index is 760. The van der Waals surface area contributed by atoms with Crippen molar-refractivity contribution in [2.75, 3.05) is 19.7 Å². The van der Waals surface area contributed by atoms with Gasteiger partial charge in [-0.2, -0.15) is 0 Å². The lowest BCUT2D eigenvalue weighted by molar-refractivity contribution is -0.150. The standard InChI is InChI=1S/C17H23N5O3/c1-5-6-7-24-12(2)15(23)22-9-17(3,10-22)16-20-19-14(25-16)13-8-21(4)11-18-13/h5,8,11-12H,1,6-7,9-10H2,2-4H3. The number of ether oxygens (including phenoxy) is 1. The van der Waals surface area contributed by atoms with Crippen LogP contribution in [0.3, 0.4) is 0 Å². The molecule has 0 N–H and O–H groups in total. The van der Waals surface area contributed by atoms with E-state index < -0.39 is 6.10 Å². The summed E-state index contributed by atoms with van der Waals surface area (Å²) in [6.45, 7) is 8.98. The highest BCUT2D eigenvalue weighted by atomic mass is 16.5. The number of nitrogens with zero attached hydrogens (tertiary/aromatic N) is 5. The molecule has 1 aliphatic heterocycles. The summed E-state index contributed by atoms with van der Waals surface area (Å²) in [4.78, 5) is 18.3. The average molecular weight is 345 g/mol. The van der Waals surface area contributed by atoms with E-state index in [2.05, 4.69) is 21.8 Å². The molecular formula is C17H23N5O3. The number of imidazole rings is 1.